The number of nitrogens with one attached hydrogen (secondary N) is 1. The molecule has 1 atom stereocenters. The molecular formula is C31H34F3N5O3. The molecule has 0 radical (unpaired) electrons. The highest BCUT2D eigenvalue weighted by Crippen LogP contribution is 2.47. The predicted octanol–water partition coefficient (Wildman–Crippen LogP) is 4.93. The lowest BCUT2D eigenvalue weighted by Gasteiger charge is -2.50. The molecule has 222 valence electrons. The smallest absolute Gasteiger partial charge is 0.421 e. The number of pyridine rings is 2. The molecule has 1 N–H and O–H groups in total. The van der Waals surface area contributed by atoms with Crippen molar-refractivity contribution in [1.82, 2.24) is 20.2 Å². The van der Waals surface area contributed by atoms with Crippen molar-refractivity contribution in [2.24, 2.45) is 0 Å². The van der Waals surface area contributed by atoms with Crippen molar-refractivity contribution < 1.29 is 27.4 Å². The average molecular weight is 582 g/mol. The van der Waals surface area contributed by atoms with Gasteiger partial charge in [0.2, 0.25) is 5.88 Å². The molecule has 2 fully saturated rings. The van der Waals surface area contributed by atoms with Gasteiger partial charge in [-0.1, -0.05) is 12.1 Å². The first-order chi connectivity index (χ1) is 20.3. The van der Waals surface area contributed by atoms with E-state index in [4.69, 9.17) is 14.5 Å². The number of hydrogen-bond acceptors (Lipinski definition) is 7. The normalized spacial score (nSPS) is 20.1. The number of halogens is 3. The third-order valence-corrected chi connectivity index (χ3v) is 8.78. The lowest BCUT2D eigenvalue weighted by molar-refractivity contribution is -0.138. The van der Waals surface area contributed by atoms with Crippen molar-refractivity contribution in [3.63, 3.8) is 0 Å². The third-order valence-electron chi connectivity index (χ3n) is 8.78. The van der Waals surface area contributed by atoms with E-state index in [-0.39, 0.29) is 23.4 Å². The molecular weight excluding hydrogens is 547 g/mol. The van der Waals surface area contributed by atoms with Gasteiger partial charge in [0.15, 0.2) is 0 Å². The molecule has 3 aromatic rings. The summed E-state index contributed by atoms with van der Waals surface area (Å²) in [6.45, 7) is 5.19. The highest BCUT2D eigenvalue weighted by atomic mass is 19.4. The summed E-state index contributed by atoms with van der Waals surface area (Å²) < 4.78 is 53.2. The van der Waals surface area contributed by atoms with Gasteiger partial charge in [-0.15, -0.1) is 0 Å². The van der Waals surface area contributed by atoms with Gasteiger partial charge in [-0.3, -0.25) is 4.79 Å². The van der Waals surface area contributed by atoms with Gasteiger partial charge in [-0.05, 0) is 68.6 Å². The summed E-state index contributed by atoms with van der Waals surface area (Å²) in [6, 6.07) is 12.0. The van der Waals surface area contributed by atoms with Crippen LogP contribution < -0.4 is 19.7 Å². The number of benzene rings is 1. The molecule has 0 bridgehead atoms. The average Bonchev–Trinajstić information content (AvgIpc) is 3.54. The zero-order valence-electron chi connectivity index (χ0n) is 23.7. The summed E-state index contributed by atoms with van der Waals surface area (Å²) in [7, 11) is 1.26. The Hall–Kier alpha value is -3.86. The molecule has 1 aromatic carbocycles. The maximum absolute atomic E-state index is 14.1. The molecule has 3 aliphatic heterocycles. The molecule has 0 saturated carbocycles. The third kappa shape index (κ3) is 4.93. The van der Waals surface area contributed by atoms with Crippen LogP contribution in [0.15, 0.2) is 48.7 Å². The van der Waals surface area contributed by atoms with Gasteiger partial charge in [-0.2, -0.15) is 13.2 Å². The SMILES string of the molecule is CCOc1ncccc1-c1ccc2c(n1)C(=O)N(C1CCNC1)CC21CCN(c2cccc(OC)c2C(F)(F)F)CC1. The molecule has 2 saturated heterocycles. The molecule has 2 aromatic heterocycles. The molecule has 11 heteroatoms. The minimum Gasteiger partial charge on any atom is -0.496 e. The summed E-state index contributed by atoms with van der Waals surface area (Å²) >= 11 is 0. The number of aromatic nitrogens is 2. The van der Waals surface area contributed by atoms with Crippen molar-refractivity contribution in [2.75, 3.05) is 51.3 Å². The van der Waals surface area contributed by atoms with Gasteiger partial charge in [0.05, 0.1) is 30.7 Å². The number of nitrogens with zero attached hydrogens (tertiary/aromatic N) is 4. The second-order valence-corrected chi connectivity index (χ2v) is 11.1. The monoisotopic (exact) mass is 581 g/mol. The van der Waals surface area contributed by atoms with Crippen LogP contribution in [-0.4, -0.2) is 73.3 Å². The van der Waals surface area contributed by atoms with Crippen LogP contribution in [0.1, 0.15) is 47.8 Å². The fourth-order valence-corrected chi connectivity index (χ4v) is 6.70. The second-order valence-electron chi connectivity index (χ2n) is 11.1. The summed E-state index contributed by atoms with van der Waals surface area (Å²) in [4.78, 5) is 27.0. The Morgan fingerprint density at radius 3 is 2.62 bits per heavy atom. The van der Waals surface area contributed by atoms with E-state index in [1.807, 2.05) is 36.1 Å². The van der Waals surface area contributed by atoms with Crippen molar-refractivity contribution in [3.8, 4) is 22.9 Å². The van der Waals surface area contributed by atoms with Crippen LogP contribution in [0.3, 0.4) is 0 Å². The molecule has 1 unspecified atom stereocenters. The number of amides is 1. The van der Waals surface area contributed by atoms with Crippen LogP contribution >= 0.6 is 0 Å². The van der Waals surface area contributed by atoms with Crippen LogP contribution in [0.25, 0.3) is 11.3 Å². The van der Waals surface area contributed by atoms with Gasteiger partial charge in [0.1, 0.15) is 17.0 Å². The van der Waals surface area contributed by atoms with Gasteiger partial charge in [0.25, 0.3) is 5.91 Å². The van der Waals surface area contributed by atoms with E-state index in [9.17, 15) is 18.0 Å². The fraction of sp³-hybridized carbons (Fsp3) is 0.452. The first kappa shape index (κ1) is 28.3. The van der Waals surface area contributed by atoms with E-state index in [1.165, 1.54) is 19.2 Å². The van der Waals surface area contributed by atoms with Crippen molar-refractivity contribution in [1.29, 1.82) is 0 Å². The lowest BCUT2D eigenvalue weighted by atomic mass is 9.69. The molecule has 8 nitrogen and oxygen atoms in total. The molecule has 6 rings (SSSR count). The van der Waals surface area contributed by atoms with Crippen molar-refractivity contribution in [2.45, 2.75) is 43.8 Å². The second kappa shape index (κ2) is 11.1. The number of alkyl halides is 3. The number of carbonyl (C=O) groups excluding carboxylic acids is 1. The summed E-state index contributed by atoms with van der Waals surface area (Å²) in [6.07, 6.45) is -0.895. The standard InChI is InChI=1S/C31H34F3N5O3/c1-3-42-28-21(6-5-14-36-28)23-10-9-22-27(37-23)29(40)39(20-11-15-35-18-20)19-30(22)12-16-38(17-13-30)24-7-4-8-25(41-2)26(24)31(32,33)34/h4-10,14,20,35H,3,11-13,15-19H2,1-2H3. The number of carbonyl (C=O) groups is 1. The minimum atomic E-state index is -4.56. The Labute approximate surface area is 242 Å². The van der Waals surface area contributed by atoms with E-state index in [1.54, 1.807) is 17.2 Å². The quantitative estimate of drug-likeness (QED) is 0.443. The number of fused-ring (bicyclic) bond motifs is 2. The molecule has 1 amide bonds. The van der Waals surface area contributed by atoms with Gasteiger partial charge < -0.3 is 24.6 Å². The van der Waals surface area contributed by atoms with Crippen molar-refractivity contribution >= 4 is 11.6 Å². The predicted molar refractivity (Wildman–Crippen MR) is 152 cm³/mol. The topological polar surface area (TPSA) is 79.8 Å². The molecule has 42 heavy (non-hydrogen) atoms. The maximum atomic E-state index is 14.1. The number of methoxy groups -OCH3 is 1. The number of rotatable bonds is 6. The van der Waals surface area contributed by atoms with E-state index in [2.05, 4.69) is 10.3 Å². The van der Waals surface area contributed by atoms with Crippen LogP contribution in [-0.2, 0) is 11.6 Å². The highest BCUT2D eigenvalue weighted by molar-refractivity contribution is 5.96. The number of piperidine rings is 1. The Kier molecular flexibility index (Phi) is 7.46. The molecule has 1 spiro atoms. The molecule has 3 aliphatic rings. The highest BCUT2D eigenvalue weighted by Gasteiger charge is 2.48. The maximum Gasteiger partial charge on any atom is 0.421 e. The van der Waals surface area contributed by atoms with Crippen LogP contribution in [0.2, 0.25) is 0 Å². The largest absolute Gasteiger partial charge is 0.496 e. The Morgan fingerprint density at radius 1 is 1.12 bits per heavy atom. The van der Waals surface area contributed by atoms with E-state index in [0.29, 0.717) is 68.5 Å². The van der Waals surface area contributed by atoms with Crippen LogP contribution in [0.4, 0.5) is 18.9 Å². The Bertz CT molecular complexity index is 1470. The molecule has 0 aliphatic carbocycles. The van der Waals surface area contributed by atoms with Crippen LogP contribution in [0, 0.1) is 0 Å². The van der Waals surface area contributed by atoms with Gasteiger partial charge in [0, 0.05) is 43.8 Å². The molecule has 5 heterocycles. The number of hydrogen-bond donors (Lipinski definition) is 1. The lowest BCUT2D eigenvalue weighted by Crippen LogP contribution is -2.57. The number of anilines is 1. The minimum absolute atomic E-state index is 0.0404. The zero-order valence-corrected chi connectivity index (χ0v) is 23.7. The first-order valence-corrected chi connectivity index (χ1v) is 14.4. The Morgan fingerprint density at radius 2 is 1.93 bits per heavy atom. The van der Waals surface area contributed by atoms with E-state index in [0.717, 1.165) is 18.5 Å². The first-order valence-electron chi connectivity index (χ1n) is 14.4. The van der Waals surface area contributed by atoms with E-state index >= 15 is 0 Å². The van der Waals surface area contributed by atoms with Gasteiger partial charge in [-0.25, -0.2) is 9.97 Å². The van der Waals surface area contributed by atoms with E-state index < -0.39 is 17.2 Å². The summed E-state index contributed by atoms with van der Waals surface area (Å²) in [5.74, 6) is 0.157. The van der Waals surface area contributed by atoms with Crippen LogP contribution in [0.5, 0.6) is 11.6 Å². The fourth-order valence-electron chi connectivity index (χ4n) is 6.70. The summed E-state index contributed by atoms with van der Waals surface area (Å²) in [5, 5.41) is 3.36. The number of ether oxygens (including phenoxy) is 2. The van der Waals surface area contributed by atoms with Gasteiger partial charge >= 0.3 is 6.18 Å². The summed E-state index contributed by atoms with van der Waals surface area (Å²) in [5.41, 5.74) is 1.51. The zero-order chi connectivity index (χ0) is 29.5. The van der Waals surface area contributed by atoms with Crippen molar-refractivity contribution in [3.05, 3.63) is 65.5 Å². The Balaban J connectivity index is 1.38.